The molecule has 0 aromatic rings. The van der Waals surface area contributed by atoms with Gasteiger partial charge in [0.05, 0.1) is 26.1 Å². The molecule has 19 heavy (non-hydrogen) atoms. The van der Waals surface area contributed by atoms with Crippen molar-refractivity contribution in [3.05, 3.63) is 71.8 Å². The fourth-order valence-electron chi connectivity index (χ4n) is 1.84. The highest BCUT2D eigenvalue weighted by atomic mass is 16.5. The average Bonchev–Trinajstić information content (AvgIpc) is 2.47. The van der Waals surface area contributed by atoms with E-state index < -0.39 is 0 Å². The molecule has 0 saturated heterocycles. The Hall–Kier alpha value is -2.13. The number of carbonyl (C=O) groups excluding carboxylic acids is 1. The van der Waals surface area contributed by atoms with Crippen LogP contribution in [-0.2, 0) is 9.53 Å². The Morgan fingerprint density at radius 1 is 1.11 bits per heavy atom. The van der Waals surface area contributed by atoms with Gasteiger partial charge in [0.15, 0.2) is 5.76 Å². The fourth-order valence-corrected chi connectivity index (χ4v) is 1.84. The third kappa shape index (κ3) is 3.42. The molecule has 2 rings (SSSR count). The van der Waals surface area contributed by atoms with Crippen LogP contribution in [0.3, 0.4) is 0 Å². The lowest BCUT2D eigenvalue weighted by Gasteiger charge is -2.09. The lowest BCUT2D eigenvalue weighted by molar-refractivity contribution is -0.788. The minimum atomic E-state index is -0.0908. The molecule has 0 bridgehead atoms. The fraction of sp³-hybridized carbons (Fsp3) is 0.188. The molecule has 0 aromatic carbocycles. The van der Waals surface area contributed by atoms with Crippen LogP contribution in [0.25, 0.3) is 0 Å². The van der Waals surface area contributed by atoms with Crippen molar-refractivity contribution in [1.82, 2.24) is 0 Å². The molecular weight excluding hydrogens is 238 g/mol. The molecule has 0 fully saturated rings. The summed E-state index contributed by atoms with van der Waals surface area (Å²) in [6.07, 6.45) is 17.5. The maximum absolute atomic E-state index is 11.4. The highest BCUT2D eigenvalue weighted by molar-refractivity contribution is 6.04. The molecule has 0 unspecified atom stereocenters. The first-order valence-electron chi connectivity index (χ1n) is 6.35. The summed E-state index contributed by atoms with van der Waals surface area (Å²) in [7, 11) is 1.51. The number of rotatable bonds is 3. The van der Waals surface area contributed by atoms with Gasteiger partial charge in [-0.15, -0.1) is 0 Å². The van der Waals surface area contributed by atoms with Gasteiger partial charge in [0.2, 0.25) is 5.78 Å². The number of carbonyl (C=O) groups is 1. The number of allylic oxidation sites excluding steroid dienone is 9. The second-order valence-corrected chi connectivity index (χ2v) is 4.34. The van der Waals surface area contributed by atoms with Crippen molar-refractivity contribution in [2.24, 2.45) is 0 Å². The van der Waals surface area contributed by atoms with E-state index in [1.165, 1.54) is 18.1 Å². The monoisotopic (exact) mass is 256 g/mol. The molecule has 0 radical (unpaired) electrons. The summed E-state index contributed by atoms with van der Waals surface area (Å²) >= 11 is 0. The average molecular weight is 256 g/mol. The molecule has 98 valence electrons. The van der Waals surface area contributed by atoms with Crippen molar-refractivity contribution in [3.8, 4) is 0 Å². The van der Waals surface area contributed by atoms with Crippen LogP contribution >= 0.6 is 0 Å². The highest BCUT2D eigenvalue weighted by Crippen LogP contribution is 2.14. The number of nitrogens with one attached hydrogen (secondary N) is 1. The van der Waals surface area contributed by atoms with Crippen LogP contribution in [0.1, 0.15) is 6.92 Å². The Morgan fingerprint density at radius 2 is 1.79 bits per heavy atom. The van der Waals surface area contributed by atoms with Crippen molar-refractivity contribution in [2.75, 3.05) is 13.7 Å². The van der Waals surface area contributed by atoms with Gasteiger partial charge in [-0.1, -0.05) is 18.2 Å². The summed E-state index contributed by atoms with van der Waals surface area (Å²) < 4.78 is 5.02. The molecule has 0 amide bonds. The van der Waals surface area contributed by atoms with E-state index >= 15 is 0 Å². The van der Waals surface area contributed by atoms with Crippen molar-refractivity contribution in [1.29, 1.82) is 0 Å². The minimum Gasteiger partial charge on any atom is -0.493 e. The zero-order valence-electron chi connectivity index (χ0n) is 11.2. The first kappa shape index (κ1) is 13.3. The Balaban J connectivity index is 2.12. The largest absolute Gasteiger partial charge is 0.493 e. The first-order valence-corrected chi connectivity index (χ1v) is 6.35. The Kier molecular flexibility index (Phi) is 4.31. The summed E-state index contributed by atoms with van der Waals surface area (Å²) in [5.74, 6) is 0.287. The summed E-state index contributed by atoms with van der Waals surface area (Å²) in [5, 5.41) is 0. The molecule has 3 heteroatoms. The molecule has 1 aliphatic heterocycles. The van der Waals surface area contributed by atoms with E-state index in [0.717, 1.165) is 17.7 Å². The van der Waals surface area contributed by atoms with Crippen LogP contribution in [0, 0.1) is 0 Å². The van der Waals surface area contributed by atoms with Crippen LogP contribution in [0.4, 0.5) is 0 Å². The normalized spacial score (nSPS) is 23.8. The van der Waals surface area contributed by atoms with Crippen LogP contribution < -0.4 is 4.90 Å². The van der Waals surface area contributed by atoms with Crippen LogP contribution in [0.15, 0.2) is 71.8 Å². The Morgan fingerprint density at radius 3 is 2.42 bits per heavy atom. The van der Waals surface area contributed by atoms with Gasteiger partial charge in [-0.3, -0.25) is 9.69 Å². The zero-order chi connectivity index (χ0) is 13.7. The van der Waals surface area contributed by atoms with E-state index in [0.29, 0.717) is 5.76 Å². The number of hydrogen-bond acceptors (Lipinski definition) is 2. The summed E-state index contributed by atoms with van der Waals surface area (Å²) in [6, 6.07) is 0. The number of quaternary nitrogens is 1. The first-order chi connectivity index (χ1) is 9.22. The predicted octanol–water partition coefficient (Wildman–Crippen LogP) is 1.45. The van der Waals surface area contributed by atoms with Gasteiger partial charge in [-0.25, -0.2) is 0 Å². The minimum absolute atomic E-state index is 0.0908. The molecule has 3 nitrogen and oxygen atoms in total. The van der Waals surface area contributed by atoms with Crippen LogP contribution in [0.5, 0.6) is 0 Å². The van der Waals surface area contributed by atoms with Crippen molar-refractivity contribution < 1.29 is 14.4 Å². The molecule has 0 aromatic heterocycles. The number of ketones is 1. The van der Waals surface area contributed by atoms with Gasteiger partial charge in [0.25, 0.3) is 0 Å². The third-order valence-corrected chi connectivity index (χ3v) is 3.04. The molecule has 0 atom stereocenters. The van der Waals surface area contributed by atoms with Crippen LogP contribution in [0.2, 0.25) is 0 Å². The molecule has 1 aliphatic carbocycles. The van der Waals surface area contributed by atoms with E-state index in [1.54, 1.807) is 12.2 Å². The van der Waals surface area contributed by atoms with Crippen molar-refractivity contribution in [2.45, 2.75) is 6.92 Å². The summed E-state index contributed by atoms with van der Waals surface area (Å²) in [6.45, 7) is 3.19. The van der Waals surface area contributed by atoms with Crippen LogP contribution in [-0.4, -0.2) is 19.4 Å². The quantitative estimate of drug-likeness (QED) is 0.828. The summed E-state index contributed by atoms with van der Waals surface area (Å²) in [4.78, 5) is 12.7. The van der Waals surface area contributed by atoms with E-state index in [1.807, 2.05) is 12.2 Å². The van der Waals surface area contributed by atoms with Gasteiger partial charge in [0, 0.05) is 0 Å². The number of hydrogen-bond donors (Lipinski definition) is 1. The standard InChI is InChI=1S/C16H17NO2/c1-3-17-10-8-13(9-11-17)4-5-14-6-7-15(18)16(12-14)19-2/h4-12H,3H2,1-2H3/p+1. The van der Waals surface area contributed by atoms with E-state index in [9.17, 15) is 4.79 Å². The lowest BCUT2D eigenvalue weighted by Crippen LogP contribution is -3.02. The molecule has 2 aliphatic rings. The van der Waals surface area contributed by atoms with Crippen molar-refractivity contribution >= 4 is 5.78 Å². The predicted molar refractivity (Wildman–Crippen MR) is 75.2 cm³/mol. The van der Waals surface area contributed by atoms with Gasteiger partial charge in [-0.05, 0) is 42.4 Å². The maximum Gasteiger partial charge on any atom is 0.220 e. The molecule has 0 spiro atoms. The molecule has 0 saturated carbocycles. The third-order valence-electron chi connectivity index (χ3n) is 3.04. The van der Waals surface area contributed by atoms with Gasteiger partial charge < -0.3 is 4.74 Å². The molecule has 1 heterocycles. The topological polar surface area (TPSA) is 30.7 Å². The summed E-state index contributed by atoms with van der Waals surface area (Å²) in [5.41, 5.74) is 2.10. The van der Waals surface area contributed by atoms with Gasteiger partial charge in [0.1, 0.15) is 0 Å². The van der Waals surface area contributed by atoms with Gasteiger partial charge >= 0.3 is 0 Å². The second-order valence-electron chi connectivity index (χ2n) is 4.34. The lowest BCUT2D eigenvalue weighted by atomic mass is 10.1. The second kappa shape index (κ2) is 6.16. The Labute approximate surface area is 113 Å². The molecule has 1 N–H and O–H groups in total. The van der Waals surface area contributed by atoms with Crippen molar-refractivity contribution in [3.63, 3.8) is 0 Å². The maximum atomic E-state index is 11.4. The number of ether oxygens (including phenoxy) is 1. The molecular formula is C16H18NO2+. The van der Waals surface area contributed by atoms with Gasteiger partial charge in [-0.2, -0.15) is 0 Å². The Bertz CT molecular complexity index is 529. The number of methoxy groups -OCH3 is 1. The zero-order valence-corrected chi connectivity index (χ0v) is 11.2. The van der Waals surface area contributed by atoms with E-state index in [-0.39, 0.29) is 5.78 Å². The van der Waals surface area contributed by atoms with E-state index in [4.69, 9.17) is 4.74 Å². The smallest absolute Gasteiger partial charge is 0.220 e. The SMILES string of the molecule is CC[NH+]1C=CC(=CC=C2C=CC(=O)C(OC)=C2)C=C1. The highest BCUT2D eigenvalue weighted by Gasteiger charge is 2.10. The van der Waals surface area contributed by atoms with E-state index in [2.05, 4.69) is 31.5 Å².